The number of hydrogen-bond acceptors (Lipinski definition) is 2. The summed E-state index contributed by atoms with van der Waals surface area (Å²) in [5.74, 6) is 0.591. The summed E-state index contributed by atoms with van der Waals surface area (Å²) in [6.07, 6.45) is 0. The van der Waals surface area contributed by atoms with Gasteiger partial charge in [-0.05, 0) is 30.5 Å². The van der Waals surface area contributed by atoms with Gasteiger partial charge in [0.15, 0.2) is 0 Å². The Morgan fingerprint density at radius 2 is 2.07 bits per heavy atom. The Kier molecular flexibility index (Phi) is 3.64. The van der Waals surface area contributed by atoms with E-state index in [1.165, 1.54) is 0 Å². The van der Waals surface area contributed by atoms with E-state index in [-0.39, 0.29) is 0 Å². The number of rotatable bonds is 3. The van der Waals surface area contributed by atoms with Crippen LogP contribution in [0.2, 0.25) is 5.02 Å². The lowest BCUT2D eigenvalue weighted by Crippen LogP contribution is -2.10. The van der Waals surface area contributed by atoms with E-state index in [4.69, 9.17) is 17.3 Å². The van der Waals surface area contributed by atoms with Crippen LogP contribution in [0.4, 0.5) is 11.4 Å². The third-order valence-electron chi connectivity index (χ3n) is 2.12. The van der Waals surface area contributed by atoms with E-state index < -0.39 is 0 Å². The fraction of sp³-hybridized carbons (Fsp3) is 0.455. The average Bonchev–Trinajstić information content (AvgIpc) is 2.11. The highest BCUT2D eigenvalue weighted by Crippen LogP contribution is 2.29. The van der Waals surface area contributed by atoms with Crippen molar-refractivity contribution in [2.75, 3.05) is 17.6 Å². The third kappa shape index (κ3) is 2.55. The third-order valence-corrected chi connectivity index (χ3v) is 2.53. The van der Waals surface area contributed by atoms with Gasteiger partial charge in [0, 0.05) is 11.6 Å². The highest BCUT2D eigenvalue weighted by atomic mass is 35.5. The fourth-order valence-corrected chi connectivity index (χ4v) is 1.41. The minimum atomic E-state index is 0.591. The molecular formula is C11H17ClN2. The van der Waals surface area contributed by atoms with E-state index in [2.05, 4.69) is 19.2 Å². The van der Waals surface area contributed by atoms with Crippen molar-refractivity contribution in [2.45, 2.75) is 20.8 Å². The van der Waals surface area contributed by atoms with Crippen molar-refractivity contribution in [3.05, 3.63) is 22.7 Å². The van der Waals surface area contributed by atoms with Crippen molar-refractivity contribution in [1.29, 1.82) is 0 Å². The maximum atomic E-state index is 6.01. The number of benzene rings is 1. The molecule has 1 aromatic carbocycles. The van der Waals surface area contributed by atoms with Gasteiger partial charge in [-0.15, -0.1) is 0 Å². The van der Waals surface area contributed by atoms with Gasteiger partial charge in [0.25, 0.3) is 0 Å². The molecule has 0 aromatic heterocycles. The number of halogens is 1. The van der Waals surface area contributed by atoms with Gasteiger partial charge in [-0.25, -0.2) is 0 Å². The number of hydrogen-bond donors (Lipinski definition) is 2. The molecule has 78 valence electrons. The van der Waals surface area contributed by atoms with Crippen LogP contribution in [0.3, 0.4) is 0 Å². The molecule has 0 aliphatic rings. The zero-order valence-corrected chi connectivity index (χ0v) is 9.65. The zero-order valence-electron chi connectivity index (χ0n) is 8.89. The summed E-state index contributed by atoms with van der Waals surface area (Å²) in [4.78, 5) is 0. The first-order chi connectivity index (χ1) is 6.52. The predicted molar refractivity (Wildman–Crippen MR) is 63.9 cm³/mol. The molecule has 0 bridgehead atoms. The lowest BCUT2D eigenvalue weighted by Gasteiger charge is -2.14. The van der Waals surface area contributed by atoms with Gasteiger partial charge in [-0.3, -0.25) is 0 Å². The van der Waals surface area contributed by atoms with E-state index in [1.54, 1.807) is 0 Å². The molecule has 0 spiro atoms. The molecule has 0 amide bonds. The lowest BCUT2D eigenvalue weighted by atomic mass is 10.1. The molecule has 0 atom stereocenters. The predicted octanol–water partition coefficient (Wildman–Crippen LogP) is 3.30. The second-order valence-corrected chi connectivity index (χ2v) is 4.32. The topological polar surface area (TPSA) is 38.0 Å². The fourth-order valence-electron chi connectivity index (χ4n) is 1.25. The van der Waals surface area contributed by atoms with Crippen molar-refractivity contribution in [3.63, 3.8) is 0 Å². The average molecular weight is 213 g/mol. The van der Waals surface area contributed by atoms with Gasteiger partial charge in [0.05, 0.1) is 11.4 Å². The van der Waals surface area contributed by atoms with Crippen LogP contribution in [-0.4, -0.2) is 6.54 Å². The molecule has 3 N–H and O–H groups in total. The summed E-state index contributed by atoms with van der Waals surface area (Å²) in [6, 6.07) is 3.66. The first-order valence-corrected chi connectivity index (χ1v) is 5.18. The number of anilines is 2. The summed E-state index contributed by atoms with van der Waals surface area (Å²) >= 11 is 6.01. The van der Waals surface area contributed by atoms with Gasteiger partial charge in [0.2, 0.25) is 0 Å². The van der Waals surface area contributed by atoms with Crippen LogP contribution in [0.15, 0.2) is 12.1 Å². The van der Waals surface area contributed by atoms with Crippen LogP contribution in [-0.2, 0) is 0 Å². The SMILES string of the molecule is Cc1c(Cl)ccc(N)c1NCC(C)C. The Labute approximate surface area is 90.4 Å². The van der Waals surface area contributed by atoms with Gasteiger partial charge < -0.3 is 11.1 Å². The molecular weight excluding hydrogens is 196 g/mol. The Morgan fingerprint density at radius 1 is 1.43 bits per heavy atom. The van der Waals surface area contributed by atoms with Crippen molar-refractivity contribution >= 4 is 23.0 Å². The Balaban J connectivity index is 2.89. The molecule has 0 saturated heterocycles. The van der Waals surface area contributed by atoms with E-state index in [0.29, 0.717) is 5.92 Å². The molecule has 2 nitrogen and oxygen atoms in total. The van der Waals surface area contributed by atoms with Gasteiger partial charge in [0.1, 0.15) is 0 Å². The minimum absolute atomic E-state index is 0.591. The molecule has 1 aromatic rings. The molecule has 0 aliphatic heterocycles. The molecule has 0 radical (unpaired) electrons. The van der Waals surface area contributed by atoms with E-state index in [0.717, 1.165) is 28.5 Å². The van der Waals surface area contributed by atoms with Crippen molar-refractivity contribution in [1.82, 2.24) is 0 Å². The summed E-state index contributed by atoms with van der Waals surface area (Å²) in [5.41, 5.74) is 8.60. The molecule has 0 fully saturated rings. The highest BCUT2D eigenvalue weighted by Gasteiger charge is 2.06. The molecule has 3 heteroatoms. The second-order valence-electron chi connectivity index (χ2n) is 3.91. The standard InChI is InChI=1S/C11H17ClN2/c1-7(2)6-14-11-8(3)9(12)4-5-10(11)13/h4-5,7,14H,6,13H2,1-3H3. The maximum Gasteiger partial charge on any atom is 0.0618 e. The number of nitrogens with two attached hydrogens (primary N) is 1. The number of nitrogen functional groups attached to an aromatic ring is 1. The van der Waals surface area contributed by atoms with Gasteiger partial charge in [-0.1, -0.05) is 25.4 Å². The van der Waals surface area contributed by atoms with Crippen LogP contribution in [0.25, 0.3) is 0 Å². The Morgan fingerprint density at radius 3 is 2.64 bits per heavy atom. The van der Waals surface area contributed by atoms with E-state index in [1.807, 2.05) is 19.1 Å². The van der Waals surface area contributed by atoms with E-state index >= 15 is 0 Å². The van der Waals surface area contributed by atoms with Crippen LogP contribution >= 0.6 is 11.6 Å². The molecule has 0 saturated carbocycles. The summed E-state index contributed by atoms with van der Waals surface area (Å²) < 4.78 is 0. The summed E-state index contributed by atoms with van der Waals surface area (Å²) in [5, 5.41) is 4.07. The zero-order chi connectivity index (χ0) is 10.7. The maximum absolute atomic E-state index is 6.01. The highest BCUT2D eigenvalue weighted by molar-refractivity contribution is 6.31. The summed E-state index contributed by atoms with van der Waals surface area (Å²) in [6.45, 7) is 7.19. The van der Waals surface area contributed by atoms with Crippen LogP contribution in [0, 0.1) is 12.8 Å². The number of nitrogens with one attached hydrogen (secondary N) is 1. The van der Waals surface area contributed by atoms with Crippen LogP contribution in [0.5, 0.6) is 0 Å². The van der Waals surface area contributed by atoms with Crippen LogP contribution < -0.4 is 11.1 Å². The smallest absolute Gasteiger partial charge is 0.0618 e. The lowest BCUT2D eigenvalue weighted by molar-refractivity contribution is 0.689. The molecule has 0 aliphatic carbocycles. The van der Waals surface area contributed by atoms with Crippen molar-refractivity contribution in [3.8, 4) is 0 Å². The van der Waals surface area contributed by atoms with Crippen LogP contribution in [0.1, 0.15) is 19.4 Å². The monoisotopic (exact) mass is 212 g/mol. The molecule has 0 heterocycles. The quantitative estimate of drug-likeness (QED) is 0.755. The Hall–Kier alpha value is -0.890. The molecule has 14 heavy (non-hydrogen) atoms. The minimum Gasteiger partial charge on any atom is -0.397 e. The summed E-state index contributed by atoms with van der Waals surface area (Å²) in [7, 11) is 0. The second kappa shape index (κ2) is 4.56. The van der Waals surface area contributed by atoms with E-state index in [9.17, 15) is 0 Å². The first-order valence-electron chi connectivity index (χ1n) is 4.80. The first kappa shape index (κ1) is 11.2. The normalized spacial score (nSPS) is 10.6. The van der Waals surface area contributed by atoms with Crippen molar-refractivity contribution < 1.29 is 0 Å². The molecule has 0 unspecified atom stereocenters. The molecule has 1 rings (SSSR count). The Bertz CT molecular complexity index is 321. The van der Waals surface area contributed by atoms with Gasteiger partial charge in [-0.2, -0.15) is 0 Å². The van der Waals surface area contributed by atoms with Gasteiger partial charge >= 0.3 is 0 Å². The largest absolute Gasteiger partial charge is 0.397 e. The van der Waals surface area contributed by atoms with Crippen molar-refractivity contribution in [2.24, 2.45) is 5.92 Å².